The van der Waals surface area contributed by atoms with Crippen LogP contribution in [0.4, 0.5) is 0 Å². The van der Waals surface area contributed by atoms with Crippen LogP contribution in [0.2, 0.25) is 5.15 Å². The summed E-state index contributed by atoms with van der Waals surface area (Å²) in [5.74, 6) is 2.15. The molecule has 2 aliphatic rings. The van der Waals surface area contributed by atoms with Gasteiger partial charge in [-0.05, 0) is 50.7 Å². The number of hydrogen-bond donors (Lipinski definition) is 0. The molecule has 0 radical (unpaired) electrons. The molecule has 5 heteroatoms. The predicted octanol–water partition coefficient (Wildman–Crippen LogP) is 3.83. The zero-order chi connectivity index (χ0) is 14.8. The van der Waals surface area contributed by atoms with Gasteiger partial charge in [0.15, 0.2) is 0 Å². The first-order valence-electron chi connectivity index (χ1n) is 7.31. The average molecular weight is 303 g/mol. The van der Waals surface area contributed by atoms with Crippen molar-refractivity contribution >= 4 is 17.8 Å². The smallest absolute Gasteiger partial charge is 0.132 e. The van der Waals surface area contributed by atoms with Gasteiger partial charge >= 0.3 is 0 Å². The minimum atomic E-state index is 0.498. The van der Waals surface area contributed by atoms with Crippen molar-refractivity contribution in [2.24, 2.45) is 5.92 Å². The lowest BCUT2D eigenvalue weighted by Gasteiger charge is -2.13. The molecule has 0 saturated heterocycles. The van der Waals surface area contributed by atoms with Crippen molar-refractivity contribution in [1.29, 1.82) is 0 Å². The van der Waals surface area contributed by atoms with Gasteiger partial charge in [0.05, 0.1) is 5.69 Å². The molecule has 0 unspecified atom stereocenters. The molecule has 4 nitrogen and oxygen atoms in total. The Kier molecular flexibility index (Phi) is 4.06. The number of allylic oxidation sites excluding steroid dienone is 1. The largest absolute Gasteiger partial charge is 0.310 e. The van der Waals surface area contributed by atoms with Gasteiger partial charge in [0.1, 0.15) is 17.3 Å². The number of nitrogens with zero attached hydrogens (tertiary/aromatic N) is 4. The first-order valence-corrected chi connectivity index (χ1v) is 7.68. The van der Waals surface area contributed by atoms with E-state index in [1.165, 1.54) is 31.4 Å². The molecule has 0 aromatic carbocycles. The summed E-state index contributed by atoms with van der Waals surface area (Å²) in [4.78, 5) is 12.0. The number of imidazole rings is 1. The van der Waals surface area contributed by atoms with E-state index >= 15 is 0 Å². The summed E-state index contributed by atoms with van der Waals surface area (Å²) < 4.78 is 2.21. The van der Waals surface area contributed by atoms with Crippen molar-refractivity contribution < 1.29 is 0 Å². The molecule has 2 aromatic rings. The van der Waals surface area contributed by atoms with Crippen LogP contribution in [0.5, 0.6) is 0 Å². The number of aryl methyl sites for hydroxylation is 3. The first-order chi connectivity index (χ1) is 10.1. The van der Waals surface area contributed by atoms with Crippen LogP contribution in [0.3, 0.4) is 0 Å². The van der Waals surface area contributed by atoms with Crippen molar-refractivity contribution in [1.82, 2.24) is 19.5 Å². The molecule has 0 amide bonds. The summed E-state index contributed by atoms with van der Waals surface area (Å²) in [6, 6.07) is 1.71. The van der Waals surface area contributed by atoms with Crippen molar-refractivity contribution in [3.05, 3.63) is 46.5 Å². The Morgan fingerprint density at radius 1 is 1.14 bits per heavy atom. The summed E-state index contributed by atoms with van der Waals surface area (Å²) in [5.41, 5.74) is 3.68. The van der Waals surface area contributed by atoms with Gasteiger partial charge in [0.2, 0.25) is 0 Å². The van der Waals surface area contributed by atoms with Gasteiger partial charge in [-0.1, -0.05) is 11.6 Å². The van der Waals surface area contributed by atoms with E-state index in [-0.39, 0.29) is 0 Å². The third-order valence-electron chi connectivity index (χ3n) is 3.74. The van der Waals surface area contributed by atoms with Crippen LogP contribution in [0.25, 0.3) is 6.20 Å². The van der Waals surface area contributed by atoms with Crippen LogP contribution in [0, 0.1) is 19.8 Å². The maximum Gasteiger partial charge on any atom is 0.132 e. The highest BCUT2D eigenvalue weighted by atomic mass is 35.5. The number of hydrogen-bond acceptors (Lipinski definition) is 3. The lowest BCUT2D eigenvalue weighted by molar-refractivity contribution is 0.756. The second-order valence-electron chi connectivity index (χ2n) is 5.67. The number of rotatable bonds is 1. The van der Waals surface area contributed by atoms with Crippen LogP contribution in [0.1, 0.15) is 36.5 Å². The van der Waals surface area contributed by atoms with Crippen LogP contribution in [-0.2, 0) is 6.42 Å². The molecule has 3 heterocycles. The number of halogens is 1. The van der Waals surface area contributed by atoms with Crippen LogP contribution < -0.4 is 0 Å². The van der Waals surface area contributed by atoms with Crippen LogP contribution in [0.15, 0.2) is 24.2 Å². The summed E-state index contributed by atoms with van der Waals surface area (Å²) >= 11 is 5.49. The first kappa shape index (κ1) is 14.3. The van der Waals surface area contributed by atoms with Crippen LogP contribution in [-0.4, -0.2) is 19.5 Å². The lowest BCUT2D eigenvalue weighted by Crippen LogP contribution is -2.05. The molecule has 0 bridgehead atoms. The molecular formula is C16H19ClN4. The summed E-state index contributed by atoms with van der Waals surface area (Å²) in [5, 5.41) is 0.498. The quantitative estimate of drug-likeness (QED) is 0.752. The number of aromatic nitrogens is 4. The summed E-state index contributed by atoms with van der Waals surface area (Å²) in [6.07, 6.45) is 11.1. The second-order valence-corrected chi connectivity index (χ2v) is 6.05. The lowest BCUT2D eigenvalue weighted by atomic mass is 10.0. The zero-order valence-electron chi connectivity index (χ0n) is 12.4. The Morgan fingerprint density at radius 2 is 1.95 bits per heavy atom. The van der Waals surface area contributed by atoms with Crippen LogP contribution >= 0.6 is 11.6 Å². The Bertz CT molecular complexity index is 653. The van der Waals surface area contributed by atoms with Gasteiger partial charge in [0.25, 0.3) is 0 Å². The molecule has 4 rings (SSSR count). The molecule has 1 fully saturated rings. The fourth-order valence-corrected chi connectivity index (χ4v) is 2.75. The third kappa shape index (κ3) is 3.70. The summed E-state index contributed by atoms with van der Waals surface area (Å²) in [6.45, 7) is 3.93. The maximum atomic E-state index is 5.49. The Hall–Kier alpha value is -1.68. The van der Waals surface area contributed by atoms with Gasteiger partial charge < -0.3 is 4.57 Å². The molecule has 21 heavy (non-hydrogen) atoms. The molecule has 0 N–H and O–H groups in total. The highest BCUT2D eigenvalue weighted by Crippen LogP contribution is 2.40. The van der Waals surface area contributed by atoms with E-state index in [0.717, 1.165) is 23.7 Å². The van der Waals surface area contributed by atoms with Crippen molar-refractivity contribution in [2.45, 2.75) is 39.5 Å². The van der Waals surface area contributed by atoms with E-state index in [4.69, 9.17) is 11.6 Å². The van der Waals surface area contributed by atoms with E-state index in [1.54, 1.807) is 11.6 Å². The molecule has 1 saturated carbocycles. The fraction of sp³-hybridized carbons (Fsp3) is 0.438. The standard InChI is InChI=1S/C11H14N2.C5H5ClN2/c1-8-6-13-7-10(9-2-3-9)4-5-11(13)12-8;1-4-2-5(6)8-3-7-4/h6-7,9H,2-5H2,1H3;2-3H,1H3. The molecular weight excluding hydrogens is 284 g/mol. The fourth-order valence-electron chi connectivity index (χ4n) is 2.55. The predicted molar refractivity (Wildman–Crippen MR) is 84.1 cm³/mol. The normalized spacial score (nSPS) is 16.6. The third-order valence-corrected chi connectivity index (χ3v) is 3.95. The SMILES string of the molecule is Cc1cc(Cl)ncn1.Cc1cn2c(n1)CCC(C1CC1)=C2. The van der Waals surface area contributed by atoms with Gasteiger partial charge in [-0.2, -0.15) is 0 Å². The highest BCUT2D eigenvalue weighted by molar-refractivity contribution is 6.29. The monoisotopic (exact) mass is 302 g/mol. The molecule has 0 spiro atoms. The van der Waals surface area contributed by atoms with E-state index in [9.17, 15) is 0 Å². The molecule has 2 aromatic heterocycles. The topological polar surface area (TPSA) is 43.6 Å². The van der Waals surface area contributed by atoms with Gasteiger partial charge in [-0.3, -0.25) is 0 Å². The Labute approximate surface area is 129 Å². The van der Waals surface area contributed by atoms with Gasteiger partial charge in [-0.15, -0.1) is 0 Å². The van der Waals surface area contributed by atoms with E-state index in [1.807, 2.05) is 6.92 Å². The zero-order valence-corrected chi connectivity index (χ0v) is 13.1. The van der Waals surface area contributed by atoms with Gasteiger partial charge in [0, 0.05) is 24.5 Å². The van der Waals surface area contributed by atoms with E-state index < -0.39 is 0 Å². The minimum Gasteiger partial charge on any atom is -0.310 e. The van der Waals surface area contributed by atoms with Crippen molar-refractivity contribution in [2.75, 3.05) is 0 Å². The summed E-state index contributed by atoms with van der Waals surface area (Å²) in [7, 11) is 0. The Balaban J connectivity index is 0.000000143. The van der Waals surface area contributed by atoms with Gasteiger partial charge in [-0.25, -0.2) is 15.0 Å². The maximum absolute atomic E-state index is 5.49. The van der Waals surface area contributed by atoms with E-state index in [2.05, 4.69) is 38.8 Å². The van der Waals surface area contributed by atoms with Crippen molar-refractivity contribution in [3.8, 4) is 0 Å². The molecule has 0 atom stereocenters. The second kappa shape index (κ2) is 5.98. The number of fused-ring (bicyclic) bond motifs is 1. The molecule has 1 aliphatic carbocycles. The minimum absolute atomic E-state index is 0.498. The van der Waals surface area contributed by atoms with E-state index in [0.29, 0.717) is 5.15 Å². The molecule has 1 aliphatic heterocycles. The molecule has 110 valence electrons. The van der Waals surface area contributed by atoms with Crippen molar-refractivity contribution in [3.63, 3.8) is 0 Å². The Morgan fingerprint density at radius 3 is 2.57 bits per heavy atom. The average Bonchev–Trinajstić information content (AvgIpc) is 3.20. The highest BCUT2D eigenvalue weighted by Gasteiger charge is 2.27.